The van der Waals surface area contributed by atoms with Gasteiger partial charge in [-0.3, -0.25) is 4.79 Å². The molecule has 3 aromatic carbocycles. The molecule has 0 spiro atoms. The highest BCUT2D eigenvalue weighted by atomic mass is 79.9. The van der Waals surface area contributed by atoms with Crippen LogP contribution < -0.4 is 4.74 Å². The van der Waals surface area contributed by atoms with Crippen molar-refractivity contribution < 1.29 is 9.53 Å². The summed E-state index contributed by atoms with van der Waals surface area (Å²) >= 11 is 3.52. The Morgan fingerprint density at radius 3 is 2.43 bits per heavy atom. The van der Waals surface area contributed by atoms with Crippen LogP contribution in [0.3, 0.4) is 0 Å². The number of hydrogen-bond donors (Lipinski definition) is 0. The number of carbonyl (C=O) groups excluding carboxylic acids is 1. The molecule has 0 aliphatic heterocycles. The van der Waals surface area contributed by atoms with E-state index in [4.69, 9.17) is 4.74 Å². The van der Waals surface area contributed by atoms with Crippen LogP contribution in [0.1, 0.15) is 15.9 Å². The smallest absolute Gasteiger partial charge is 0.150 e. The topological polar surface area (TPSA) is 26.3 Å². The van der Waals surface area contributed by atoms with E-state index in [0.29, 0.717) is 12.2 Å². The Balaban J connectivity index is 1.88. The predicted molar refractivity (Wildman–Crippen MR) is 95.7 cm³/mol. The van der Waals surface area contributed by atoms with Gasteiger partial charge in [0.1, 0.15) is 12.4 Å². The van der Waals surface area contributed by atoms with Crippen LogP contribution >= 0.6 is 15.9 Å². The van der Waals surface area contributed by atoms with Crippen LogP contribution in [0.15, 0.2) is 77.3 Å². The zero-order valence-corrected chi connectivity index (χ0v) is 14.0. The van der Waals surface area contributed by atoms with E-state index in [2.05, 4.69) is 15.9 Å². The lowest BCUT2D eigenvalue weighted by atomic mass is 10.0. The molecule has 0 aromatic heterocycles. The van der Waals surface area contributed by atoms with Crippen molar-refractivity contribution in [1.29, 1.82) is 0 Å². The van der Waals surface area contributed by atoms with Gasteiger partial charge < -0.3 is 4.74 Å². The third-order valence-electron chi connectivity index (χ3n) is 3.57. The summed E-state index contributed by atoms with van der Waals surface area (Å²) in [7, 11) is 0. The first-order valence-electron chi connectivity index (χ1n) is 7.29. The number of halogens is 1. The van der Waals surface area contributed by atoms with Crippen molar-refractivity contribution >= 4 is 22.2 Å². The molecule has 0 aliphatic rings. The molecule has 0 fully saturated rings. The zero-order chi connectivity index (χ0) is 16.1. The van der Waals surface area contributed by atoms with Crippen molar-refractivity contribution in [2.75, 3.05) is 0 Å². The molecule has 0 radical (unpaired) electrons. The average Bonchev–Trinajstić information content (AvgIpc) is 2.62. The SMILES string of the molecule is O=Cc1ccccc1-c1ccc(Br)c(OCc2ccccc2)c1. The van der Waals surface area contributed by atoms with E-state index in [-0.39, 0.29) is 0 Å². The van der Waals surface area contributed by atoms with Crippen molar-refractivity contribution in [2.24, 2.45) is 0 Å². The van der Waals surface area contributed by atoms with Crippen LogP contribution in [0.25, 0.3) is 11.1 Å². The van der Waals surface area contributed by atoms with Gasteiger partial charge in [-0.05, 0) is 44.8 Å². The van der Waals surface area contributed by atoms with E-state index in [1.54, 1.807) is 0 Å². The molecule has 0 N–H and O–H groups in total. The number of carbonyl (C=O) groups is 1. The number of rotatable bonds is 5. The normalized spacial score (nSPS) is 10.3. The molecule has 3 rings (SSSR count). The lowest BCUT2D eigenvalue weighted by molar-refractivity contribution is 0.112. The maximum absolute atomic E-state index is 11.2. The first-order valence-corrected chi connectivity index (χ1v) is 8.08. The van der Waals surface area contributed by atoms with Gasteiger partial charge >= 0.3 is 0 Å². The summed E-state index contributed by atoms with van der Waals surface area (Å²) in [4.78, 5) is 11.2. The van der Waals surface area contributed by atoms with Crippen molar-refractivity contribution in [3.05, 3.63) is 88.4 Å². The molecule has 0 heterocycles. The molecular formula is C20H15BrO2. The number of aldehydes is 1. The van der Waals surface area contributed by atoms with Gasteiger partial charge in [0.2, 0.25) is 0 Å². The van der Waals surface area contributed by atoms with Gasteiger partial charge in [0, 0.05) is 5.56 Å². The Morgan fingerprint density at radius 2 is 1.65 bits per heavy atom. The summed E-state index contributed by atoms with van der Waals surface area (Å²) < 4.78 is 6.81. The second-order valence-corrected chi connectivity index (χ2v) is 5.98. The molecule has 3 heteroatoms. The van der Waals surface area contributed by atoms with Gasteiger partial charge in [0.25, 0.3) is 0 Å². The highest BCUT2D eigenvalue weighted by Crippen LogP contribution is 2.32. The highest BCUT2D eigenvalue weighted by molar-refractivity contribution is 9.10. The van der Waals surface area contributed by atoms with Gasteiger partial charge in [-0.2, -0.15) is 0 Å². The minimum absolute atomic E-state index is 0.498. The molecule has 23 heavy (non-hydrogen) atoms. The minimum Gasteiger partial charge on any atom is -0.488 e. The standard InChI is InChI=1S/C20H15BrO2/c21-19-11-10-16(18-9-5-4-8-17(18)13-22)12-20(19)23-14-15-6-2-1-3-7-15/h1-13H,14H2. The molecule has 0 unspecified atom stereocenters. The molecule has 114 valence electrons. The fourth-order valence-corrected chi connectivity index (χ4v) is 2.74. The molecule has 0 saturated carbocycles. The van der Waals surface area contributed by atoms with Crippen molar-refractivity contribution in [3.8, 4) is 16.9 Å². The van der Waals surface area contributed by atoms with Crippen LogP contribution in [-0.2, 0) is 6.61 Å². The number of benzene rings is 3. The second-order valence-electron chi connectivity index (χ2n) is 5.12. The Bertz CT molecular complexity index is 813. The monoisotopic (exact) mass is 366 g/mol. The third kappa shape index (κ3) is 3.69. The second kappa shape index (κ2) is 7.25. The van der Waals surface area contributed by atoms with Crippen LogP contribution in [0.4, 0.5) is 0 Å². The Labute approximate surface area is 143 Å². The maximum atomic E-state index is 11.2. The highest BCUT2D eigenvalue weighted by Gasteiger charge is 2.08. The third-order valence-corrected chi connectivity index (χ3v) is 4.22. The summed E-state index contributed by atoms with van der Waals surface area (Å²) in [5.41, 5.74) is 3.64. The zero-order valence-electron chi connectivity index (χ0n) is 12.4. The van der Waals surface area contributed by atoms with E-state index in [9.17, 15) is 4.79 Å². The molecule has 3 aromatic rings. The fraction of sp³-hybridized carbons (Fsp3) is 0.0500. The van der Waals surface area contributed by atoms with E-state index >= 15 is 0 Å². The van der Waals surface area contributed by atoms with Gasteiger partial charge in [0.05, 0.1) is 4.47 Å². The summed E-state index contributed by atoms with van der Waals surface area (Å²) in [6.07, 6.45) is 0.877. The molecule has 0 aliphatic carbocycles. The quantitative estimate of drug-likeness (QED) is 0.556. The lowest BCUT2D eigenvalue weighted by Gasteiger charge is -2.11. The average molecular weight is 367 g/mol. The first-order chi connectivity index (χ1) is 11.3. The summed E-state index contributed by atoms with van der Waals surface area (Å²) in [6, 6.07) is 23.4. The van der Waals surface area contributed by atoms with E-state index in [1.807, 2.05) is 72.8 Å². The molecule has 2 nitrogen and oxygen atoms in total. The first kappa shape index (κ1) is 15.5. The Hall–Kier alpha value is -2.39. The van der Waals surface area contributed by atoms with E-state index in [0.717, 1.165) is 33.2 Å². The van der Waals surface area contributed by atoms with E-state index in [1.165, 1.54) is 0 Å². The molecule has 0 bridgehead atoms. The fourth-order valence-electron chi connectivity index (χ4n) is 2.38. The number of ether oxygens (including phenoxy) is 1. The lowest BCUT2D eigenvalue weighted by Crippen LogP contribution is -1.96. The Kier molecular flexibility index (Phi) is 4.89. The van der Waals surface area contributed by atoms with Gasteiger partial charge in [-0.25, -0.2) is 0 Å². The minimum atomic E-state index is 0.498. The van der Waals surface area contributed by atoms with Crippen molar-refractivity contribution in [1.82, 2.24) is 0 Å². The molecule has 0 amide bonds. The van der Waals surface area contributed by atoms with Gasteiger partial charge in [-0.15, -0.1) is 0 Å². The molecule has 0 atom stereocenters. The summed E-state index contributed by atoms with van der Waals surface area (Å²) in [5, 5.41) is 0. The van der Waals surface area contributed by atoms with Crippen molar-refractivity contribution in [2.45, 2.75) is 6.61 Å². The predicted octanol–water partition coefficient (Wildman–Crippen LogP) is 5.51. The Morgan fingerprint density at radius 1 is 0.913 bits per heavy atom. The van der Waals surface area contributed by atoms with Crippen molar-refractivity contribution in [3.63, 3.8) is 0 Å². The summed E-state index contributed by atoms with van der Waals surface area (Å²) in [5.74, 6) is 0.757. The summed E-state index contributed by atoms with van der Waals surface area (Å²) in [6.45, 7) is 0.498. The van der Waals surface area contributed by atoms with Crippen LogP contribution in [0.5, 0.6) is 5.75 Å². The van der Waals surface area contributed by atoms with Gasteiger partial charge in [-0.1, -0.05) is 60.7 Å². The van der Waals surface area contributed by atoms with Crippen LogP contribution in [0.2, 0.25) is 0 Å². The van der Waals surface area contributed by atoms with Crippen LogP contribution in [-0.4, -0.2) is 6.29 Å². The molecule has 0 saturated heterocycles. The van der Waals surface area contributed by atoms with Crippen LogP contribution in [0, 0.1) is 0 Å². The maximum Gasteiger partial charge on any atom is 0.150 e. The number of hydrogen-bond acceptors (Lipinski definition) is 2. The molecular weight excluding hydrogens is 352 g/mol. The largest absolute Gasteiger partial charge is 0.488 e. The van der Waals surface area contributed by atoms with Gasteiger partial charge in [0.15, 0.2) is 6.29 Å². The van der Waals surface area contributed by atoms with E-state index < -0.39 is 0 Å².